The second-order valence-electron chi connectivity index (χ2n) is 19.4. The Labute approximate surface area is 374 Å². The van der Waals surface area contributed by atoms with E-state index in [0.717, 1.165) is 0 Å². The molecule has 4 fully saturated rings. The summed E-state index contributed by atoms with van der Waals surface area (Å²) in [4.78, 5) is 29.7. The molecule has 0 aromatic heterocycles. The number of aliphatic hydroxyl groups is 4. The number of methoxy groups -OCH3 is 2. The van der Waals surface area contributed by atoms with E-state index < -0.39 is 127 Å². The SMILES string of the molecule is CC[C@@H]1C[C@@H](C)C(=O)/C=C\[C@@]2(C)O[C@H]2[C@@H](CO[C@@H]2O[C@@H](C)[C@H](O)[C@H](OC)[C@H]2OC)[C@@H](CC)OC(=O)C[C@H](O)[C@H](C)[C@H]1O[C@@H]1C[C@@H](N(C)C)[C@@H](O[C@H]2C[C@@](C)(O)[C@@H](O)[C@@H](C)O2)[C@@H](C)O1. The molecule has 5 rings (SSSR count). The lowest BCUT2D eigenvalue weighted by atomic mass is 9.79. The summed E-state index contributed by atoms with van der Waals surface area (Å²) >= 11 is 0. The lowest BCUT2D eigenvalue weighted by Gasteiger charge is -2.48. The Morgan fingerprint density at radius 2 is 1.48 bits per heavy atom. The Hall–Kier alpha value is -1.68. The van der Waals surface area contributed by atoms with E-state index in [0.29, 0.717) is 25.7 Å². The highest BCUT2D eigenvalue weighted by Gasteiger charge is 2.58. The average Bonchev–Trinajstić information content (AvgIpc) is 3.90. The lowest BCUT2D eigenvalue weighted by molar-refractivity contribution is -0.322. The minimum Gasteiger partial charge on any atom is -0.462 e. The molecule has 5 aliphatic rings. The Morgan fingerprint density at radius 1 is 0.825 bits per heavy atom. The number of hydrogen-bond acceptors (Lipinski definition) is 17. The zero-order valence-electron chi connectivity index (χ0n) is 39.8. The molecular weight excluding hydrogens is 822 g/mol. The van der Waals surface area contributed by atoms with Gasteiger partial charge in [0.1, 0.15) is 42.2 Å². The minimum atomic E-state index is -1.39. The summed E-state index contributed by atoms with van der Waals surface area (Å²) in [5.74, 6) is -2.37. The van der Waals surface area contributed by atoms with Gasteiger partial charge in [-0.2, -0.15) is 0 Å². The summed E-state index contributed by atoms with van der Waals surface area (Å²) in [5.41, 5.74) is -2.24. The second-order valence-corrected chi connectivity index (χ2v) is 19.4. The highest BCUT2D eigenvalue weighted by Crippen LogP contribution is 2.46. The number of fused-ring (bicyclic) bond motifs is 1. The van der Waals surface area contributed by atoms with Crippen molar-refractivity contribution in [3.05, 3.63) is 12.2 Å². The van der Waals surface area contributed by atoms with Crippen molar-refractivity contribution in [2.24, 2.45) is 23.7 Å². The van der Waals surface area contributed by atoms with E-state index in [1.165, 1.54) is 14.2 Å². The largest absolute Gasteiger partial charge is 0.462 e. The number of esters is 1. The first kappa shape index (κ1) is 52.3. The number of hydrogen-bond donors (Lipinski definition) is 4. The molecule has 0 aliphatic carbocycles. The highest BCUT2D eigenvalue weighted by atomic mass is 16.7. The summed E-state index contributed by atoms with van der Waals surface area (Å²) in [6, 6.07) is -0.208. The summed E-state index contributed by atoms with van der Waals surface area (Å²) in [6.45, 7) is 16.5. The standard InChI is InChI=1S/C46H79NO16/c1-14-28-18-23(3)31(48)16-17-46(9)43(63-46)29(22-56-44-41(55-13)40(54-12)37(51)25(5)59-44)33(15-2)60-34(50)20-32(49)24(4)38(28)61-35-19-30(47(10)11)39(26(6)57-35)62-36-21-45(8,53)42(52)27(7)58-36/h16-17,23-30,32-33,35-44,49,51-53H,14-15,18-22H2,1-13H3/b17-16-/t23-,24+,25+,26-,27-,28-,29+,30-,32+,33-,35-,36+,37+,38-,39+,40+,41-,42+,43+,44-,45-,46-/m1/s1. The molecule has 4 N–H and O–H groups in total. The first-order valence-corrected chi connectivity index (χ1v) is 23.1. The number of carbonyl (C=O) groups is 2. The van der Waals surface area contributed by atoms with Crippen molar-refractivity contribution in [3.63, 3.8) is 0 Å². The Bertz CT molecular complexity index is 1520. The van der Waals surface area contributed by atoms with Gasteiger partial charge in [0.2, 0.25) is 0 Å². The van der Waals surface area contributed by atoms with Crippen molar-refractivity contribution in [2.75, 3.05) is 34.9 Å². The third-order valence-electron chi connectivity index (χ3n) is 14.4. The predicted octanol–water partition coefficient (Wildman–Crippen LogP) is 2.89. The lowest BCUT2D eigenvalue weighted by Crippen LogP contribution is -2.60. The number of rotatable bonds is 12. The maximum Gasteiger partial charge on any atom is 0.308 e. The molecule has 364 valence electrons. The number of allylic oxidation sites excluding steroid dienone is 1. The Kier molecular flexibility index (Phi) is 18.2. The maximum atomic E-state index is 13.9. The topological polar surface area (TPSA) is 214 Å². The third-order valence-corrected chi connectivity index (χ3v) is 14.4. The molecule has 0 aromatic carbocycles. The van der Waals surface area contributed by atoms with E-state index in [1.807, 2.05) is 60.5 Å². The van der Waals surface area contributed by atoms with Crippen molar-refractivity contribution in [1.82, 2.24) is 4.90 Å². The van der Waals surface area contributed by atoms with Crippen molar-refractivity contribution < 1.29 is 77.4 Å². The van der Waals surface area contributed by atoms with Gasteiger partial charge >= 0.3 is 5.97 Å². The van der Waals surface area contributed by atoms with Crippen LogP contribution in [-0.4, -0.2) is 181 Å². The van der Waals surface area contributed by atoms with Gasteiger partial charge in [0, 0.05) is 50.9 Å². The number of ketones is 1. The first-order valence-electron chi connectivity index (χ1n) is 23.1. The van der Waals surface area contributed by atoms with Gasteiger partial charge in [-0.3, -0.25) is 9.59 Å². The fourth-order valence-corrected chi connectivity index (χ4v) is 10.1. The van der Waals surface area contributed by atoms with Gasteiger partial charge in [-0.25, -0.2) is 0 Å². The van der Waals surface area contributed by atoms with Crippen molar-refractivity contribution >= 4 is 11.8 Å². The van der Waals surface area contributed by atoms with Crippen LogP contribution in [0.4, 0.5) is 0 Å². The zero-order chi connectivity index (χ0) is 46.7. The van der Waals surface area contributed by atoms with Gasteiger partial charge in [0.15, 0.2) is 24.7 Å². The van der Waals surface area contributed by atoms with E-state index in [9.17, 15) is 30.0 Å². The predicted molar refractivity (Wildman–Crippen MR) is 228 cm³/mol. The van der Waals surface area contributed by atoms with Crippen molar-refractivity contribution in [3.8, 4) is 0 Å². The monoisotopic (exact) mass is 902 g/mol. The summed E-state index contributed by atoms with van der Waals surface area (Å²) < 4.78 is 61.9. The van der Waals surface area contributed by atoms with Crippen LogP contribution in [0.5, 0.6) is 0 Å². The zero-order valence-corrected chi connectivity index (χ0v) is 39.8. The molecule has 17 nitrogen and oxygen atoms in total. The van der Waals surface area contributed by atoms with Crippen LogP contribution in [0.1, 0.15) is 101 Å². The molecule has 0 spiro atoms. The molecule has 17 heteroatoms. The maximum absolute atomic E-state index is 13.9. The fraction of sp³-hybridized carbons (Fsp3) is 0.913. The van der Waals surface area contributed by atoms with Crippen LogP contribution in [0.25, 0.3) is 0 Å². The molecule has 63 heavy (non-hydrogen) atoms. The van der Waals surface area contributed by atoms with Gasteiger partial charge in [0.25, 0.3) is 0 Å². The molecule has 5 heterocycles. The second kappa shape index (κ2) is 22.0. The number of carbonyl (C=O) groups excluding carboxylic acids is 2. The van der Waals surface area contributed by atoms with E-state index in [1.54, 1.807) is 32.9 Å². The molecule has 0 aromatic rings. The van der Waals surface area contributed by atoms with E-state index in [2.05, 4.69) is 0 Å². The Balaban J connectivity index is 1.36. The van der Waals surface area contributed by atoms with Crippen molar-refractivity contribution in [1.29, 1.82) is 0 Å². The average molecular weight is 902 g/mol. The molecule has 5 aliphatic heterocycles. The number of nitrogens with zero attached hydrogens (tertiary/aromatic N) is 1. The van der Waals surface area contributed by atoms with Crippen LogP contribution in [0, 0.1) is 23.7 Å². The van der Waals surface area contributed by atoms with Gasteiger partial charge < -0.3 is 72.7 Å². The van der Waals surface area contributed by atoms with Crippen LogP contribution in [-0.2, 0) is 57.0 Å². The van der Waals surface area contributed by atoms with Crippen LogP contribution < -0.4 is 0 Å². The van der Waals surface area contributed by atoms with Crippen LogP contribution >= 0.6 is 0 Å². The van der Waals surface area contributed by atoms with Crippen LogP contribution in [0.2, 0.25) is 0 Å². The first-order chi connectivity index (χ1) is 29.6. The quantitative estimate of drug-likeness (QED) is 0.164. The fourth-order valence-electron chi connectivity index (χ4n) is 10.1. The minimum absolute atomic E-state index is 0.0253. The van der Waals surface area contributed by atoms with E-state index in [-0.39, 0.29) is 37.2 Å². The van der Waals surface area contributed by atoms with E-state index in [4.69, 9.17) is 47.4 Å². The molecule has 0 bridgehead atoms. The normalized spacial score (nSPS) is 48.7. The molecule has 0 unspecified atom stereocenters. The van der Waals surface area contributed by atoms with Crippen LogP contribution in [0.15, 0.2) is 12.2 Å². The molecule has 0 radical (unpaired) electrons. The van der Waals surface area contributed by atoms with E-state index >= 15 is 0 Å². The number of cyclic esters (lactones) is 1. The molecule has 0 amide bonds. The van der Waals surface area contributed by atoms with Gasteiger partial charge in [0.05, 0.1) is 55.3 Å². The highest BCUT2D eigenvalue weighted by molar-refractivity contribution is 5.91. The van der Waals surface area contributed by atoms with Crippen molar-refractivity contribution in [2.45, 2.75) is 210 Å². The summed E-state index contributed by atoms with van der Waals surface area (Å²) in [5, 5.41) is 43.9. The smallest absolute Gasteiger partial charge is 0.308 e. The number of likely N-dealkylation sites (N-methyl/N-ethyl adjacent to an activating group) is 1. The van der Waals surface area contributed by atoms with Gasteiger partial charge in [-0.1, -0.05) is 34.1 Å². The van der Waals surface area contributed by atoms with Crippen LogP contribution in [0.3, 0.4) is 0 Å². The molecule has 4 saturated heterocycles. The number of epoxide rings is 1. The molecule has 0 saturated carbocycles. The van der Waals surface area contributed by atoms with Gasteiger partial charge in [-0.05, 0) is 79.6 Å². The number of ether oxygens (including phenoxy) is 10. The summed E-state index contributed by atoms with van der Waals surface area (Å²) in [6.07, 6.45) is -6.07. The van der Waals surface area contributed by atoms with Gasteiger partial charge in [-0.15, -0.1) is 0 Å². The third kappa shape index (κ3) is 12.3. The number of aliphatic hydroxyl groups excluding tert-OH is 3. The summed E-state index contributed by atoms with van der Waals surface area (Å²) in [7, 11) is 6.86. The molecule has 22 atom stereocenters. The molecular formula is C46H79NO16. The Morgan fingerprint density at radius 3 is 2.08 bits per heavy atom.